The van der Waals surface area contributed by atoms with Gasteiger partial charge in [0.05, 0.1) is 20.8 Å². The predicted molar refractivity (Wildman–Crippen MR) is 176 cm³/mol. The van der Waals surface area contributed by atoms with Crippen molar-refractivity contribution in [2.24, 2.45) is 0 Å². The molecule has 0 aliphatic rings. The van der Waals surface area contributed by atoms with Gasteiger partial charge in [0.15, 0.2) is 5.78 Å². The summed E-state index contributed by atoms with van der Waals surface area (Å²) in [6, 6.07) is 30.3. The SMILES string of the molecule is C/C=C/C(=O)N(CCCOc1ccc(C[C@H](Nc2ccccc2C(=O)c2ccccc2)C(=O)OC)cc1)c1cccc(OC)c1. The van der Waals surface area contributed by atoms with Crippen molar-refractivity contribution in [3.8, 4) is 11.5 Å². The normalized spacial score (nSPS) is 11.4. The van der Waals surface area contributed by atoms with E-state index < -0.39 is 12.0 Å². The molecule has 4 aromatic carbocycles. The molecule has 0 bridgehead atoms. The van der Waals surface area contributed by atoms with E-state index in [4.69, 9.17) is 14.2 Å². The van der Waals surface area contributed by atoms with E-state index in [1.165, 1.54) is 13.2 Å². The van der Waals surface area contributed by atoms with Gasteiger partial charge in [-0.25, -0.2) is 4.79 Å². The van der Waals surface area contributed by atoms with Gasteiger partial charge in [0.2, 0.25) is 0 Å². The van der Waals surface area contributed by atoms with E-state index in [0.29, 0.717) is 54.3 Å². The molecule has 1 N–H and O–H groups in total. The number of ketones is 1. The number of para-hydroxylation sites is 1. The first-order valence-electron chi connectivity index (χ1n) is 14.8. The van der Waals surface area contributed by atoms with Crippen LogP contribution in [0.2, 0.25) is 0 Å². The van der Waals surface area contributed by atoms with Crippen LogP contribution in [0.15, 0.2) is 115 Å². The van der Waals surface area contributed by atoms with Crippen molar-refractivity contribution in [2.75, 3.05) is 37.6 Å². The molecule has 8 nitrogen and oxygen atoms in total. The highest BCUT2D eigenvalue weighted by atomic mass is 16.5. The Morgan fingerprint density at radius 2 is 1.58 bits per heavy atom. The minimum atomic E-state index is -0.719. The molecule has 0 saturated carbocycles. The fourth-order valence-corrected chi connectivity index (χ4v) is 4.82. The lowest BCUT2D eigenvalue weighted by molar-refractivity contribution is -0.141. The van der Waals surface area contributed by atoms with Gasteiger partial charge in [-0.15, -0.1) is 0 Å². The number of methoxy groups -OCH3 is 2. The smallest absolute Gasteiger partial charge is 0.328 e. The number of nitrogens with one attached hydrogen (secondary N) is 1. The van der Waals surface area contributed by atoms with Crippen LogP contribution >= 0.6 is 0 Å². The van der Waals surface area contributed by atoms with E-state index in [0.717, 1.165) is 11.3 Å². The molecule has 0 unspecified atom stereocenters. The average Bonchev–Trinajstić information content (AvgIpc) is 3.08. The van der Waals surface area contributed by atoms with Crippen LogP contribution in [-0.4, -0.2) is 51.1 Å². The molecule has 0 heterocycles. The first-order chi connectivity index (χ1) is 21.9. The zero-order chi connectivity index (χ0) is 32.0. The number of carbonyl (C=O) groups is 3. The second-order valence-corrected chi connectivity index (χ2v) is 10.2. The molecule has 0 aliphatic carbocycles. The van der Waals surface area contributed by atoms with Crippen LogP contribution in [0.3, 0.4) is 0 Å². The third-order valence-electron chi connectivity index (χ3n) is 7.12. The van der Waals surface area contributed by atoms with Gasteiger partial charge in [-0.05, 0) is 61.4 Å². The number of ether oxygens (including phenoxy) is 3. The minimum absolute atomic E-state index is 0.115. The molecule has 232 valence electrons. The molecule has 4 aromatic rings. The summed E-state index contributed by atoms with van der Waals surface area (Å²) in [5.41, 5.74) is 3.23. The van der Waals surface area contributed by atoms with Crippen LogP contribution < -0.4 is 19.7 Å². The van der Waals surface area contributed by atoms with E-state index in [9.17, 15) is 14.4 Å². The monoisotopic (exact) mass is 606 g/mol. The third-order valence-corrected chi connectivity index (χ3v) is 7.12. The van der Waals surface area contributed by atoms with Crippen molar-refractivity contribution in [1.82, 2.24) is 0 Å². The average molecular weight is 607 g/mol. The number of carbonyl (C=O) groups excluding carboxylic acids is 3. The molecule has 0 saturated heterocycles. The van der Waals surface area contributed by atoms with Crippen molar-refractivity contribution < 1.29 is 28.6 Å². The van der Waals surface area contributed by atoms with E-state index >= 15 is 0 Å². The van der Waals surface area contributed by atoms with Gasteiger partial charge in [0.25, 0.3) is 5.91 Å². The molecule has 0 aliphatic heterocycles. The maximum Gasteiger partial charge on any atom is 0.328 e. The Balaban J connectivity index is 1.37. The van der Waals surface area contributed by atoms with Crippen molar-refractivity contribution in [1.29, 1.82) is 0 Å². The number of hydrogen-bond acceptors (Lipinski definition) is 7. The Morgan fingerprint density at radius 1 is 0.844 bits per heavy atom. The molecule has 0 aromatic heterocycles. The van der Waals surface area contributed by atoms with E-state index in [2.05, 4.69) is 5.32 Å². The van der Waals surface area contributed by atoms with E-state index in [1.54, 1.807) is 48.4 Å². The quantitative estimate of drug-likeness (QED) is 0.0715. The maximum absolute atomic E-state index is 13.2. The molecule has 1 amide bonds. The van der Waals surface area contributed by atoms with Gasteiger partial charge < -0.3 is 24.4 Å². The van der Waals surface area contributed by atoms with Crippen LogP contribution in [0.5, 0.6) is 11.5 Å². The summed E-state index contributed by atoms with van der Waals surface area (Å²) < 4.78 is 16.4. The Hall–Kier alpha value is -5.37. The molecule has 1 atom stereocenters. The summed E-state index contributed by atoms with van der Waals surface area (Å²) in [6.45, 7) is 2.68. The number of esters is 1. The first kappa shape index (κ1) is 32.5. The second-order valence-electron chi connectivity index (χ2n) is 10.2. The lowest BCUT2D eigenvalue weighted by atomic mass is 10.00. The van der Waals surface area contributed by atoms with Crippen molar-refractivity contribution in [3.05, 3.63) is 132 Å². The number of allylic oxidation sites excluding steroid dienone is 1. The zero-order valence-electron chi connectivity index (χ0n) is 25.8. The molecular weight excluding hydrogens is 568 g/mol. The van der Waals surface area contributed by atoms with Crippen LogP contribution in [0.1, 0.15) is 34.8 Å². The van der Waals surface area contributed by atoms with E-state index in [1.807, 2.05) is 79.7 Å². The third kappa shape index (κ3) is 9.06. The van der Waals surface area contributed by atoms with Crippen LogP contribution in [0.25, 0.3) is 0 Å². The molecule has 4 rings (SSSR count). The first-order valence-corrected chi connectivity index (χ1v) is 14.8. The maximum atomic E-state index is 13.2. The Kier molecular flexibility index (Phi) is 11.9. The Labute approximate surface area is 264 Å². The molecule has 8 heteroatoms. The van der Waals surface area contributed by atoms with Crippen LogP contribution in [0.4, 0.5) is 11.4 Å². The molecular formula is C37H38N2O6. The number of rotatable bonds is 15. The summed E-state index contributed by atoms with van der Waals surface area (Å²) >= 11 is 0. The van der Waals surface area contributed by atoms with Gasteiger partial charge in [-0.3, -0.25) is 9.59 Å². The van der Waals surface area contributed by atoms with Crippen LogP contribution in [-0.2, 0) is 20.7 Å². The van der Waals surface area contributed by atoms with Crippen molar-refractivity contribution >= 4 is 29.0 Å². The Morgan fingerprint density at radius 3 is 2.29 bits per heavy atom. The largest absolute Gasteiger partial charge is 0.497 e. The molecule has 0 radical (unpaired) electrons. The number of nitrogens with zero attached hydrogens (tertiary/aromatic N) is 1. The van der Waals surface area contributed by atoms with Crippen molar-refractivity contribution in [2.45, 2.75) is 25.8 Å². The highest BCUT2D eigenvalue weighted by Gasteiger charge is 2.23. The van der Waals surface area contributed by atoms with Crippen LogP contribution in [0, 0.1) is 0 Å². The topological polar surface area (TPSA) is 94.2 Å². The number of anilines is 2. The summed E-state index contributed by atoms with van der Waals surface area (Å²) in [6.07, 6.45) is 4.20. The van der Waals surface area contributed by atoms with Gasteiger partial charge in [0, 0.05) is 41.5 Å². The highest BCUT2D eigenvalue weighted by molar-refractivity contribution is 6.12. The fraction of sp³-hybridized carbons (Fsp3) is 0.216. The van der Waals surface area contributed by atoms with Crippen molar-refractivity contribution in [3.63, 3.8) is 0 Å². The molecule has 0 spiro atoms. The van der Waals surface area contributed by atoms with Gasteiger partial charge in [0.1, 0.15) is 17.5 Å². The summed E-state index contributed by atoms with van der Waals surface area (Å²) in [7, 11) is 2.94. The standard InChI is InChI=1S/C37H38N2O6/c1-4-12-35(40)39(29-15-10-16-31(26-29)43-2)23-11-24-45-30-21-19-27(20-22-30)25-34(37(42)44-3)38-33-18-9-8-17-32(33)36(41)28-13-6-5-7-14-28/h4-10,12-22,26,34,38H,11,23-25H2,1-3H3/b12-4+/t34-/m0/s1. The number of benzene rings is 4. The Bertz CT molecular complexity index is 1600. The zero-order valence-corrected chi connectivity index (χ0v) is 25.8. The number of amides is 1. The van der Waals surface area contributed by atoms with E-state index in [-0.39, 0.29) is 11.7 Å². The molecule has 0 fully saturated rings. The molecule has 45 heavy (non-hydrogen) atoms. The number of hydrogen-bond donors (Lipinski definition) is 1. The predicted octanol–water partition coefficient (Wildman–Crippen LogP) is 6.50. The summed E-state index contributed by atoms with van der Waals surface area (Å²) in [4.78, 5) is 40.4. The lowest BCUT2D eigenvalue weighted by Crippen LogP contribution is -2.33. The van der Waals surface area contributed by atoms with Gasteiger partial charge in [-0.2, -0.15) is 0 Å². The highest BCUT2D eigenvalue weighted by Crippen LogP contribution is 2.24. The minimum Gasteiger partial charge on any atom is -0.497 e. The second kappa shape index (κ2) is 16.5. The van der Waals surface area contributed by atoms with Gasteiger partial charge in [-0.1, -0.05) is 66.7 Å². The summed E-state index contributed by atoms with van der Waals surface area (Å²) in [5.74, 6) is 0.660. The fourth-order valence-electron chi connectivity index (χ4n) is 4.82. The van der Waals surface area contributed by atoms with Gasteiger partial charge >= 0.3 is 5.97 Å². The summed E-state index contributed by atoms with van der Waals surface area (Å²) in [5, 5.41) is 3.23. The lowest BCUT2D eigenvalue weighted by Gasteiger charge is -2.22.